The Kier molecular flexibility index (Phi) is 3.73. The molecule has 102 valence electrons. The van der Waals surface area contributed by atoms with E-state index in [4.69, 9.17) is 16.5 Å². The zero-order chi connectivity index (χ0) is 13.9. The molecule has 3 aromatic rings. The first kappa shape index (κ1) is 13.2. The van der Waals surface area contributed by atoms with Crippen molar-refractivity contribution in [1.29, 1.82) is 0 Å². The van der Waals surface area contributed by atoms with Crippen molar-refractivity contribution in [1.82, 2.24) is 9.97 Å². The normalized spacial score (nSPS) is 12.7. The van der Waals surface area contributed by atoms with Gasteiger partial charge in [0.05, 0.1) is 21.8 Å². The van der Waals surface area contributed by atoms with Gasteiger partial charge in [0, 0.05) is 17.6 Å². The average molecular weight is 284 g/mol. The lowest BCUT2D eigenvalue weighted by atomic mass is 10.0. The smallest absolute Gasteiger partial charge is 0.0827 e. The standard InChI is InChI=1S/C15H16N4S/c16-6-5-11(17)15-10-3-1-7-18-12(10)9-13(19-15)14-4-2-8-20-14/h1-4,7-9,11H,5-6,16-17H2. The summed E-state index contributed by atoms with van der Waals surface area (Å²) >= 11 is 1.66. The summed E-state index contributed by atoms with van der Waals surface area (Å²) in [5.74, 6) is 0. The SMILES string of the molecule is NCCC(N)c1nc(-c2cccs2)cc2ncccc12. The molecule has 0 amide bonds. The average Bonchev–Trinajstić information content (AvgIpc) is 3.00. The third-order valence-corrected chi connectivity index (χ3v) is 4.12. The molecule has 0 aliphatic rings. The summed E-state index contributed by atoms with van der Waals surface area (Å²) < 4.78 is 0. The van der Waals surface area contributed by atoms with Gasteiger partial charge < -0.3 is 11.5 Å². The van der Waals surface area contributed by atoms with Gasteiger partial charge in [0.2, 0.25) is 0 Å². The number of nitrogens with zero attached hydrogens (tertiary/aromatic N) is 2. The Morgan fingerprint density at radius 2 is 2.15 bits per heavy atom. The van der Waals surface area contributed by atoms with E-state index in [2.05, 4.69) is 11.1 Å². The van der Waals surface area contributed by atoms with Gasteiger partial charge in [-0.05, 0) is 42.6 Å². The summed E-state index contributed by atoms with van der Waals surface area (Å²) in [6.07, 6.45) is 2.50. The van der Waals surface area contributed by atoms with Crippen molar-refractivity contribution in [2.45, 2.75) is 12.5 Å². The number of rotatable bonds is 4. The number of pyridine rings is 2. The Morgan fingerprint density at radius 1 is 1.25 bits per heavy atom. The van der Waals surface area contributed by atoms with E-state index in [9.17, 15) is 0 Å². The predicted molar refractivity (Wildman–Crippen MR) is 83.5 cm³/mol. The second-order valence-electron chi connectivity index (χ2n) is 4.62. The van der Waals surface area contributed by atoms with Gasteiger partial charge in [0.1, 0.15) is 0 Å². The van der Waals surface area contributed by atoms with E-state index in [-0.39, 0.29) is 6.04 Å². The first-order valence-corrected chi connectivity index (χ1v) is 7.43. The maximum absolute atomic E-state index is 6.23. The van der Waals surface area contributed by atoms with Crippen molar-refractivity contribution in [2.24, 2.45) is 11.5 Å². The predicted octanol–water partition coefficient (Wildman–Crippen LogP) is 2.71. The minimum absolute atomic E-state index is 0.161. The molecule has 0 saturated heterocycles. The molecule has 4 N–H and O–H groups in total. The molecule has 0 radical (unpaired) electrons. The van der Waals surface area contributed by atoms with Gasteiger partial charge in [-0.2, -0.15) is 0 Å². The van der Waals surface area contributed by atoms with Gasteiger partial charge >= 0.3 is 0 Å². The van der Waals surface area contributed by atoms with Crippen LogP contribution in [0, 0.1) is 0 Å². The Balaban J connectivity index is 2.20. The van der Waals surface area contributed by atoms with Crippen LogP contribution >= 0.6 is 11.3 Å². The van der Waals surface area contributed by atoms with Gasteiger partial charge in [-0.25, -0.2) is 4.98 Å². The largest absolute Gasteiger partial charge is 0.330 e. The fourth-order valence-corrected chi connectivity index (χ4v) is 2.94. The lowest BCUT2D eigenvalue weighted by Crippen LogP contribution is -2.17. The van der Waals surface area contributed by atoms with E-state index in [0.29, 0.717) is 13.0 Å². The number of hydrogen-bond donors (Lipinski definition) is 2. The highest BCUT2D eigenvalue weighted by atomic mass is 32.1. The summed E-state index contributed by atoms with van der Waals surface area (Å²) in [6.45, 7) is 0.549. The molecule has 1 unspecified atom stereocenters. The van der Waals surface area contributed by atoms with Crippen LogP contribution in [0.25, 0.3) is 21.5 Å². The minimum Gasteiger partial charge on any atom is -0.330 e. The zero-order valence-corrected chi connectivity index (χ0v) is 11.8. The topological polar surface area (TPSA) is 77.8 Å². The molecule has 3 aromatic heterocycles. The number of nitrogens with two attached hydrogens (primary N) is 2. The Hall–Kier alpha value is -1.82. The van der Waals surface area contributed by atoms with Crippen LogP contribution in [-0.4, -0.2) is 16.5 Å². The van der Waals surface area contributed by atoms with Crippen LogP contribution in [0.5, 0.6) is 0 Å². The first-order valence-electron chi connectivity index (χ1n) is 6.55. The number of hydrogen-bond acceptors (Lipinski definition) is 5. The van der Waals surface area contributed by atoms with Crippen LogP contribution in [0.3, 0.4) is 0 Å². The fraction of sp³-hybridized carbons (Fsp3) is 0.200. The molecule has 0 fully saturated rings. The molecule has 0 aliphatic carbocycles. The highest BCUT2D eigenvalue weighted by Gasteiger charge is 2.14. The van der Waals surface area contributed by atoms with E-state index in [1.807, 2.05) is 29.6 Å². The highest BCUT2D eigenvalue weighted by Crippen LogP contribution is 2.29. The molecule has 4 nitrogen and oxygen atoms in total. The van der Waals surface area contributed by atoms with Gasteiger partial charge in [-0.1, -0.05) is 6.07 Å². The second kappa shape index (κ2) is 5.66. The summed E-state index contributed by atoms with van der Waals surface area (Å²) in [6, 6.07) is 9.85. The van der Waals surface area contributed by atoms with E-state index < -0.39 is 0 Å². The van der Waals surface area contributed by atoms with Gasteiger partial charge in [0.25, 0.3) is 0 Å². The van der Waals surface area contributed by atoms with Crippen LogP contribution in [-0.2, 0) is 0 Å². The first-order chi connectivity index (χ1) is 9.79. The van der Waals surface area contributed by atoms with E-state index in [0.717, 1.165) is 27.2 Å². The Labute approximate surface area is 121 Å². The van der Waals surface area contributed by atoms with Gasteiger partial charge in [-0.3, -0.25) is 4.98 Å². The molecular formula is C15H16N4S. The zero-order valence-electron chi connectivity index (χ0n) is 11.0. The van der Waals surface area contributed by atoms with Crippen LogP contribution in [0.1, 0.15) is 18.2 Å². The quantitative estimate of drug-likeness (QED) is 0.772. The molecule has 1 atom stereocenters. The molecule has 3 heterocycles. The summed E-state index contributed by atoms with van der Waals surface area (Å²) in [5, 5.41) is 3.05. The molecule has 0 bridgehead atoms. The fourth-order valence-electron chi connectivity index (χ4n) is 2.25. The Bertz CT molecular complexity index is 709. The van der Waals surface area contributed by atoms with Gasteiger partial charge in [-0.15, -0.1) is 11.3 Å². The monoisotopic (exact) mass is 284 g/mol. The third-order valence-electron chi connectivity index (χ3n) is 3.23. The molecule has 3 rings (SSSR count). The van der Waals surface area contributed by atoms with E-state index in [1.54, 1.807) is 17.5 Å². The van der Waals surface area contributed by atoms with Crippen molar-refractivity contribution < 1.29 is 0 Å². The molecule has 5 heteroatoms. The Morgan fingerprint density at radius 3 is 2.90 bits per heavy atom. The van der Waals surface area contributed by atoms with Crippen molar-refractivity contribution in [2.75, 3.05) is 6.54 Å². The van der Waals surface area contributed by atoms with E-state index in [1.165, 1.54) is 0 Å². The van der Waals surface area contributed by atoms with Crippen molar-refractivity contribution in [3.63, 3.8) is 0 Å². The maximum atomic E-state index is 6.23. The highest BCUT2D eigenvalue weighted by molar-refractivity contribution is 7.13. The van der Waals surface area contributed by atoms with Crippen molar-refractivity contribution >= 4 is 22.2 Å². The lowest BCUT2D eigenvalue weighted by molar-refractivity contribution is 0.649. The minimum atomic E-state index is -0.161. The molecular weight excluding hydrogens is 268 g/mol. The van der Waals surface area contributed by atoms with Gasteiger partial charge in [0.15, 0.2) is 0 Å². The number of aromatic nitrogens is 2. The van der Waals surface area contributed by atoms with Crippen molar-refractivity contribution in [3.8, 4) is 10.6 Å². The maximum Gasteiger partial charge on any atom is 0.0827 e. The molecule has 0 saturated carbocycles. The van der Waals surface area contributed by atoms with Crippen molar-refractivity contribution in [3.05, 3.63) is 47.6 Å². The molecule has 20 heavy (non-hydrogen) atoms. The molecule has 0 aromatic carbocycles. The number of thiophene rings is 1. The molecule has 0 aliphatic heterocycles. The summed E-state index contributed by atoms with van der Waals surface area (Å²) in [5.41, 5.74) is 14.6. The summed E-state index contributed by atoms with van der Waals surface area (Å²) in [7, 11) is 0. The summed E-state index contributed by atoms with van der Waals surface area (Å²) in [4.78, 5) is 10.3. The van der Waals surface area contributed by atoms with Crippen LogP contribution in [0.15, 0.2) is 41.9 Å². The van der Waals surface area contributed by atoms with E-state index >= 15 is 0 Å². The van der Waals surface area contributed by atoms with Crippen LogP contribution in [0.4, 0.5) is 0 Å². The third kappa shape index (κ3) is 2.43. The van der Waals surface area contributed by atoms with Crippen LogP contribution in [0.2, 0.25) is 0 Å². The number of fused-ring (bicyclic) bond motifs is 1. The lowest BCUT2D eigenvalue weighted by Gasteiger charge is -2.14. The second-order valence-corrected chi connectivity index (χ2v) is 5.57. The van der Waals surface area contributed by atoms with Crippen LogP contribution < -0.4 is 11.5 Å². The molecule has 0 spiro atoms.